The minimum Gasteiger partial charge on any atom is -0.345 e. The Kier molecular flexibility index (Phi) is 7.25. The Bertz CT molecular complexity index is 3040. The van der Waals surface area contributed by atoms with Crippen molar-refractivity contribution < 1.29 is 0 Å². The standard InChI is InChI=1S/C53H36BN/c1-55-49-28-16-15-27-47(49)54(38-21-9-4-10-22-38)48-32-30-37-29-31-43-44(41-25-13-11-23-39(41)35-17-5-2-6-18-35)33-45(46-34-50(55)53(48)51(37)52(43)46)42-26-14-12-24-40(42)36-19-7-3-8-20-36/h2-34H,1H3. The van der Waals surface area contributed by atoms with Gasteiger partial charge in [-0.15, -0.1) is 0 Å². The quantitative estimate of drug-likeness (QED) is 0.128. The molecule has 0 fully saturated rings. The van der Waals surface area contributed by atoms with Gasteiger partial charge in [-0.3, -0.25) is 0 Å². The third-order valence-electron chi connectivity index (χ3n) is 11.9. The fourth-order valence-electron chi connectivity index (χ4n) is 9.47. The second kappa shape index (κ2) is 12.6. The van der Waals surface area contributed by atoms with Crippen LogP contribution in [0, 0.1) is 0 Å². The molecule has 1 nitrogen and oxygen atoms in total. The monoisotopic (exact) mass is 697 g/mol. The first-order valence-corrected chi connectivity index (χ1v) is 19.2. The molecule has 2 heteroatoms. The van der Waals surface area contributed by atoms with Crippen molar-refractivity contribution in [1.82, 2.24) is 0 Å². The van der Waals surface area contributed by atoms with Gasteiger partial charge in [0.05, 0.1) is 0 Å². The van der Waals surface area contributed by atoms with Crippen LogP contribution in [0.2, 0.25) is 0 Å². The van der Waals surface area contributed by atoms with E-state index in [9.17, 15) is 0 Å². The van der Waals surface area contributed by atoms with Crippen molar-refractivity contribution in [3.05, 3.63) is 200 Å². The Labute approximate surface area is 322 Å². The molecular weight excluding hydrogens is 661 g/mol. The molecule has 0 unspecified atom stereocenters. The molecular formula is C53H36BN. The largest absolute Gasteiger partial charge is 0.345 e. The predicted molar refractivity (Wildman–Crippen MR) is 237 cm³/mol. The molecule has 0 saturated carbocycles. The molecule has 0 atom stereocenters. The first-order chi connectivity index (χ1) is 27.2. The highest BCUT2D eigenvalue weighted by molar-refractivity contribution is 6.98. The van der Waals surface area contributed by atoms with Crippen molar-refractivity contribution >= 4 is 66.8 Å². The average molecular weight is 698 g/mol. The third kappa shape index (κ3) is 4.88. The van der Waals surface area contributed by atoms with Crippen LogP contribution in [0.25, 0.3) is 76.8 Å². The molecule has 0 spiro atoms. The van der Waals surface area contributed by atoms with Gasteiger partial charge in [-0.2, -0.15) is 0 Å². The summed E-state index contributed by atoms with van der Waals surface area (Å²) in [6.07, 6.45) is 0. The van der Waals surface area contributed by atoms with E-state index in [0.29, 0.717) is 0 Å². The van der Waals surface area contributed by atoms with Gasteiger partial charge in [0, 0.05) is 23.8 Å². The van der Waals surface area contributed by atoms with Gasteiger partial charge in [0.15, 0.2) is 0 Å². The molecule has 10 aromatic rings. The smallest absolute Gasteiger partial charge is 0.244 e. The zero-order chi connectivity index (χ0) is 36.5. The first kappa shape index (κ1) is 31.6. The molecule has 0 radical (unpaired) electrons. The number of hydrogen-bond acceptors (Lipinski definition) is 1. The third-order valence-corrected chi connectivity index (χ3v) is 11.9. The predicted octanol–water partition coefficient (Wildman–Crippen LogP) is 11.8. The SMILES string of the molecule is CN1c2ccccc2B(c2ccccc2)c2ccc3ccc4c(-c5ccccc5-c5ccccc5)cc(-c5ccccc5-c5ccccc5)c5cc1c2c3c45. The number of hydrogen-bond donors (Lipinski definition) is 0. The van der Waals surface area contributed by atoms with Crippen molar-refractivity contribution in [3.63, 3.8) is 0 Å². The minimum absolute atomic E-state index is 0.0854. The Morgan fingerprint density at radius 3 is 1.53 bits per heavy atom. The molecule has 0 saturated heterocycles. The van der Waals surface area contributed by atoms with Crippen LogP contribution in [0.3, 0.4) is 0 Å². The number of fused-ring (bicyclic) bond motifs is 1. The summed E-state index contributed by atoms with van der Waals surface area (Å²) in [7, 11) is 2.26. The second-order valence-electron chi connectivity index (χ2n) is 14.8. The maximum atomic E-state index is 2.50. The zero-order valence-electron chi connectivity index (χ0n) is 30.6. The van der Waals surface area contributed by atoms with E-state index < -0.39 is 0 Å². The van der Waals surface area contributed by atoms with E-state index >= 15 is 0 Å². The van der Waals surface area contributed by atoms with Crippen LogP contribution >= 0.6 is 0 Å². The highest BCUT2D eigenvalue weighted by Gasteiger charge is 2.33. The fourth-order valence-corrected chi connectivity index (χ4v) is 9.47. The maximum absolute atomic E-state index is 2.50. The van der Waals surface area contributed by atoms with E-state index in [2.05, 4.69) is 212 Å². The molecule has 11 rings (SSSR count). The average Bonchev–Trinajstić information content (AvgIpc) is 3.37. The molecule has 1 aliphatic rings. The Morgan fingerprint density at radius 1 is 0.345 bits per heavy atom. The van der Waals surface area contributed by atoms with Crippen LogP contribution in [-0.4, -0.2) is 13.8 Å². The van der Waals surface area contributed by atoms with Gasteiger partial charge in [-0.25, -0.2) is 0 Å². The molecule has 0 amide bonds. The molecule has 1 aliphatic heterocycles. The molecule has 1 heterocycles. The van der Waals surface area contributed by atoms with E-state index in [4.69, 9.17) is 0 Å². The number of nitrogens with zero attached hydrogens (tertiary/aromatic N) is 1. The summed E-state index contributed by atoms with van der Waals surface area (Å²) in [6, 6.07) is 74.1. The highest BCUT2D eigenvalue weighted by Crippen LogP contribution is 2.50. The second-order valence-corrected chi connectivity index (χ2v) is 14.8. The summed E-state index contributed by atoms with van der Waals surface area (Å²) in [5, 5.41) is 7.80. The van der Waals surface area contributed by atoms with Crippen LogP contribution < -0.4 is 21.3 Å². The van der Waals surface area contributed by atoms with Crippen molar-refractivity contribution in [2.24, 2.45) is 0 Å². The molecule has 0 aliphatic carbocycles. The fraction of sp³-hybridized carbons (Fsp3) is 0.0189. The first-order valence-electron chi connectivity index (χ1n) is 19.2. The summed E-state index contributed by atoms with van der Waals surface area (Å²) in [4.78, 5) is 2.45. The topological polar surface area (TPSA) is 3.24 Å². The minimum atomic E-state index is 0.0854. The number of para-hydroxylation sites is 1. The van der Waals surface area contributed by atoms with E-state index in [-0.39, 0.29) is 6.71 Å². The molecule has 256 valence electrons. The van der Waals surface area contributed by atoms with E-state index in [1.807, 2.05) is 0 Å². The summed E-state index contributed by atoms with van der Waals surface area (Å²) in [6.45, 7) is 0.0854. The van der Waals surface area contributed by atoms with Gasteiger partial charge in [-0.1, -0.05) is 193 Å². The molecule has 55 heavy (non-hydrogen) atoms. The summed E-state index contributed by atoms with van der Waals surface area (Å²) >= 11 is 0. The highest BCUT2D eigenvalue weighted by atomic mass is 15.1. The van der Waals surface area contributed by atoms with E-state index in [0.717, 1.165) is 0 Å². The lowest BCUT2D eigenvalue weighted by Gasteiger charge is -2.26. The lowest BCUT2D eigenvalue weighted by molar-refractivity contribution is 1.24. The lowest BCUT2D eigenvalue weighted by Crippen LogP contribution is -2.52. The van der Waals surface area contributed by atoms with Gasteiger partial charge in [-0.05, 0) is 95.1 Å². The Hall–Kier alpha value is -6.90. The summed E-state index contributed by atoms with van der Waals surface area (Å²) < 4.78 is 0. The van der Waals surface area contributed by atoms with Crippen LogP contribution in [0.5, 0.6) is 0 Å². The maximum Gasteiger partial charge on any atom is 0.244 e. The molecule has 0 aromatic heterocycles. The number of benzene rings is 10. The van der Waals surface area contributed by atoms with Crippen molar-refractivity contribution in [1.29, 1.82) is 0 Å². The van der Waals surface area contributed by atoms with Crippen molar-refractivity contribution in [2.45, 2.75) is 0 Å². The van der Waals surface area contributed by atoms with Crippen molar-refractivity contribution in [2.75, 3.05) is 11.9 Å². The van der Waals surface area contributed by atoms with Crippen LogP contribution in [-0.2, 0) is 0 Å². The summed E-state index contributed by atoms with van der Waals surface area (Å²) in [5.41, 5.74) is 16.3. The van der Waals surface area contributed by atoms with E-state index in [1.165, 1.54) is 105 Å². The van der Waals surface area contributed by atoms with Gasteiger partial charge in [0.25, 0.3) is 0 Å². The van der Waals surface area contributed by atoms with Crippen molar-refractivity contribution in [3.8, 4) is 44.5 Å². The number of rotatable bonds is 5. The normalized spacial score (nSPS) is 12.4. The zero-order valence-corrected chi connectivity index (χ0v) is 30.6. The Balaban J connectivity index is 1.33. The van der Waals surface area contributed by atoms with Crippen LogP contribution in [0.4, 0.5) is 11.4 Å². The van der Waals surface area contributed by atoms with Gasteiger partial charge >= 0.3 is 0 Å². The van der Waals surface area contributed by atoms with Gasteiger partial charge < -0.3 is 4.90 Å². The molecule has 0 N–H and O–H groups in total. The Morgan fingerprint density at radius 2 is 0.873 bits per heavy atom. The van der Waals surface area contributed by atoms with Gasteiger partial charge in [0.2, 0.25) is 6.71 Å². The number of anilines is 2. The van der Waals surface area contributed by atoms with Crippen LogP contribution in [0.1, 0.15) is 0 Å². The molecule has 10 aromatic carbocycles. The lowest BCUT2D eigenvalue weighted by atomic mass is 9.36. The van der Waals surface area contributed by atoms with E-state index in [1.54, 1.807) is 0 Å². The van der Waals surface area contributed by atoms with Crippen LogP contribution in [0.15, 0.2) is 200 Å². The van der Waals surface area contributed by atoms with Gasteiger partial charge in [0.1, 0.15) is 0 Å². The summed E-state index contributed by atoms with van der Waals surface area (Å²) in [5.74, 6) is 0. The molecule has 0 bridgehead atoms.